The van der Waals surface area contributed by atoms with Gasteiger partial charge in [-0.1, -0.05) is 71.9 Å². The molecule has 2 aromatic rings. The molecule has 2 rings (SSSR count). The van der Waals surface area contributed by atoms with Crippen LogP contribution in [0, 0.1) is 6.92 Å². The van der Waals surface area contributed by atoms with Gasteiger partial charge in [0.15, 0.2) is 0 Å². The van der Waals surface area contributed by atoms with Crippen molar-refractivity contribution in [3.05, 3.63) is 76.3 Å². The van der Waals surface area contributed by atoms with Crippen LogP contribution in [0.2, 0.25) is 5.02 Å². The smallest absolute Gasteiger partial charge is 0.0449 e. The molecule has 0 aliphatic rings. The summed E-state index contributed by atoms with van der Waals surface area (Å²) in [5.41, 5.74) is 3.42. The lowest BCUT2D eigenvalue weighted by Crippen LogP contribution is -1.91. The summed E-state index contributed by atoms with van der Waals surface area (Å²) in [6.45, 7) is 2.08. The van der Waals surface area contributed by atoms with E-state index in [1.165, 1.54) is 5.56 Å². The number of hydrogen-bond acceptors (Lipinski definition) is 1. The van der Waals surface area contributed by atoms with E-state index in [0.29, 0.717) is 0 Å². The highest BCUT2D eigenvalue weighted by molar-refractivity contribution is 7.81. The Bertz CT molecular complexity index is 565. The molecule has 0 N–H and O–H groups in total. The largest absolute Gasteiger partial charge is 0.0843 e. The molecule has 0 saturated heterocycles. The Morgan fingerprint density at radius 3 is 2.22 bits per heavy atom. The first-order valence-corrected chi connectivity index (χ1v) is 6.48. The van der Waals surface area contributed by atoms with Crippen molar-refractivity contribution in [2.75, 3.05) is 0 Å². The average molecular weight is 273 g/mol. The summed E-state index contributed by atoms with van der Waals surface area (Å²) in [6.07, 6.45) is 3.97. The number of aryl methyl sites for hydroxylation is 1. The number of allylic oxidation sites excluding steroid dienone is 1. The summed E-state index contributed by atoms with van der Waals surface area (Å²) in [5.74, 6) is 0. The van der Waals surface area contributed by atoms with Gasteiger partial charge >= 0.3 is 0 Å². The Labute approximate surface area is 118 Å². The first-order chi connectivity index (χ1) is 8.65. The molecule has 90 valence electrons. The molecule has 0 aliphatic heterocycles. The summed E-state index contributed by atoms with van der Waals surface area (Å²) < 4.78 is 0. The lowest BCUT2D eigenvalue weighted by atomic mass is 10.1. The van der Waals surface area contributed by atoms with Crippen molar-refractivity contribution in [3.63, 3.8) is 0 Å². The topological polar surface area (TPSA) is 0 Å². The van der Waals surface area contributed by atoms with Crippen LogP contribution in [0.25, 0.3) is 6.08 Å². The first kappa shape index (κ1) is 13.0. The van der Waals surface area contributed by atoms with Crippen LogP contribution >= 0.6 is 23.8 Å². The van der Waals surface area contributed by atoms with Crippen LogP contribution in [-0.4, -0.2) is 4.86 Å². The molecule has 0 atom stereocenters. The van der Waals surface area contributed by atoms with E-state index in [0.717, 1.165) is 21.0 Å². The van der Waals surface area contributed by atoms with Crippen molar-refractivity contribution in [3.8, 4) is 0 Å². The number of thiocarbonyl (C=S) groups is 1. The third-order valence-corrected chi connectivity index (χ3v) is 3.26. The molecule has 0 amide bonds. The van der Waals surface area contributed by atoms with Crippen molar-refractivity contribution >= 4 is 34.8 Å². The first-order valence-electron chi connectivity index (χ1n) is 5.70. The second-order valence-electron chi connectivity index (χ2n) is 4.12. The van der Waals surface area contributed by atoms with Gasteiger partial charge in [-0.25, -0.2) is 0 Å². The molecule has 0 fully saturated rings. The van der Waals surface area contributed by atoms with Crippen LogP contribution < -0.4 is 0 Å². The molecule has 0 spiro atoms. The Morgan fingerprint density at radius 2 is 1.61 bits per heavy atom. The molecule has 0 nitrogen and oxygen atoms in total. The lowest BCUT2D eigenvalue weighted by molar-refractivity contribution is 1.46. The highest BCUT2D eigenvalue weighted by Crippen LogP contribution is 2.12. The fourth-order valence-electron chi connectivity index (χ4n) is 1.56. The molecule has 0 aromatic heterocycles. The molecule has 0 radical (unpaired) electrons. The van der Waals surface area contributed by atoms with Crippen LogP contribution in [0.1, 0.15) is 16.7 Å². The van der Waals surface area contributed by atoms with Gasteiger partial charge in [-0.2, -0.15) is 0 Å². The molecule has 2 aromatic carbocycles. The van der Waals surface area contributed by atoms with E-state index in [1.807, 2.05) is 36.4 Å². The standard InChI is InChI=1S/C16H13ClS/c1-12-2-4-13(5-3-12)6-11-16(18)14-7-9-15(17)10-8-14/h2-11H,1H3. The molecule has 2 heteroatoms. The normalized spacial score (nSPS) is 10.8. The van der Waals surface area contributed by atoms with Gasteiger partial charge in [0.1, 0.15) is 0 Å². The van der Waals surface area contributed by atoms with Crippen molar-refractivity contribution < 1.29 is 0 Å². The number of rotatable bonds is 3. The summed E-state index contributed by atoms with van der Waals surface area (Å²) in [6, 6.07) is 15.9. The minimum atomic E-state index is 0.726. The molecule has 0 aliphatic carbocycles. The van der Waals surface area contributed by atoms with E-state index in [1.54, 1.807) is 0 Å². The van der Waals surface area contributed by atoms with E-state index in [-0.39, 0.29) is 0 Å². The van der Waals surface area contributed by atoms with Crippen molar-refractivity contribution in [2.24, 2.45) is 0 Å². The number of halogens is 1. The number of benzene rings is 2. The van der Waals surface area contributed by atoms with E-state index in [9.17, 15) is 0 Å². The fourth-order valence-corrected chi connectivity index (χ4v) is 1.89. The zero-order chi connectivity index (χ0) is 13.0. The number of hydrogen-bond donors (Lipinski definition) is 0. The summed E-state index contributed by atoms with van der Waals surface area (Å²) >= 11 is 11.2. The zero-order valence-electron chi connectivity index (χ0n) is 10.1. The van der Waals surface area contributed by atoms with Gasteiger partial charge in [-0.15, -0.1) is 0 Å². The summed E-state index contributed by atoms with van der Waals surface area (Å²) in [7, 11) is 0. The van der Waals surface area contributed by atoms with E-state index >= 15 is 0 Å². The lowest BCUT2D eigenvalue weighted by Gasteiger charge is -1.99. The maximum atomic E-state index is 5.84. The van der Waals surface area contributed by atoms with E-state index in [4.69, 9.17) is 23.8 Å². The minimum absolute atomic E-state index is 0.726. The van der Waals surface area contributed by atoms with Crippen molar-refractivity contribution in [1.82, 2.24) is 0 Å². The zero-order valence-corrected chi connectivity index (χ0v) is 11.6. The quantitative estimate of drug-likeness (QED) is 0.427. The van der Waals surface area contributed by atoms with Gasteiger partial charge in [0.05, 0.1) is 0 Å². The van der Waals surface area contributed by atoms with Crippen LogP contribution in [0.15, 0.2) is 54.6 Å². The second-order valence-corrected chi connectivity index (χ2v) is 4.99. The van der Waals surface area contributed by atoms with E-state index < -0.39 is 0 Å². The summed E-state index contributed by atoms with van der Waals surface area (Å²) in [4.78, 5) is 0.812. The molecule has 0 unspecified atom stereocenters. The van der Waals surface area contributed by atoms with Crippen LogP contribution in [0.3, 0.4) is 0 Å². The minimum Gasteiger partial charge on any atom is -0.0843 e. The fraction of sp³-hybridized carbons (Fsp3) is 0.0625. The Morgan fingerprint density at radius 1 is 1.00 bits per heavy atom. The summed E-state index contributed by atoms with van der Waals surface area (Å²) in [5, 5.41) is 0.726. The predicted octanol–water partition coefficient (Wildman–Crippen LogP) is 5.08. The molecule has 0 saturated carbocycles. The highest BCUT2D eigenvalue weighted by Gasteiger charge is 1.96. The maximum Gasteiger partial charge on any atom is 0.0449 e. The van der Waals surface area contributed by atoms with Gasteiger partial charge in [-0.05, 0) is 36.3 Å². The average Bonchev–Trinajstić information content (AvgIpc) is 2.38. The third kappa shape index (κ3) is 3.52. The molecular formula is C16H13ClS. The SMILES string of the molecule is Cc1ccc(C=CC(=S)c2ccc(Cl)cc2)cc1. The molecule has 0 heterocycles. The molecule has 0 bridgehead atoms. The van der Waals surface area contributed by atoms with Gasteiger partial charge < -0.3 is 0 Å². The maximum absolute atomic E-state index is 5.84. The van der Waals surface area contributed by atoms with Crippen LogP contribution in [0.5, 0.6) is 0 Å². The van der Waals surface area contributed by atoms with Gasteiger partial charge in [0.2, 0.25) is 0 Å². The van der Waals surface area contributed by atoms with Gasteiger partial charge in [0, 0.05) is 9.89 Å². The third-order valence-electron chi connectivity index (χ3n) is 2.63. The second kappa shape index (κ2) is 5.94. The van der Waals surface area contributed by atoms with Crippen LogP contribution in [-0.2, 0) is 0 Å². The van der Waals surface area contributed by atoms with Crippen molar-refractivity contribution in [1.29, 1.82) is 0 Å². The Hall–Kier alpha value is -1.44. The van der Waals surface area contributed by atoms with E-state index in [2.05, 4.69) is 31.2 Å². The van der Waals surface area contributed by atoms with Crippen molar-refractivity contribution in [2.45, 2.75) is 6.92 Å². The van der Waals surface area contributed by atoms with Crippen LogP contribution in [0.4, 0.5) is 0 Å². The highest BCUT2D eigenvalue weighted by atomic mass is 35.5. The molecule has 18 heavy (non-hydrogen) atoms. The molecular weight excluding hydrogens is 260 g/mol. The Kier molecular flexibility index (Phi) is 4.29. The van der Waals surface area contributed by atoms with Gasteiger partial charge in [-0.3, -0.25) is 0 Å². The van der Waals surface area contributed by atoms with Gasteiger partial charge in [0.25, 0.3) is 0 Å². The predicted molar refractivity (Wildman–Crippen MR) is 83.4 cm³/mol. The Balaban J connectivity index is 2.11. The monoisotopic (exact) mass is 272 g/mol.